The molecule has 0 bridgehead atoms. The van der Waals surface area contributed by atoms with Crippen LogP contribution in [0.2, 0.25) is 0 Å². The zero-order valence-electron chi connectivity index (χ0n) is 10.6. The van der Waals surface area contributed by atoms with E-state index in [9.17, 15) is 4.79 Å². The lowest BCUT2D eigenvalue weighted by molar-refractivity contribution is 0.102. The van der Waals surface area contributed by atoms with E-state index in [0.717, 1.165) is 4.47 Å². The van der Waals surface area contributed by atoms with Gasteiger partial charge in [0.15, 0.2) is 11.5 Å². The molecule has 1 amide bonds. The van der Waals surface area contributed by atoms with E-state index in [-0.39, 0.29) is 11.6 Å². The number of nitrogens with zero attached hydrogens (tertiary/aromatic N) is 5. The summed E-state index contributed by atoms with van der Waals surface area (Å²) in [5, 5.41) is 14.5. The van der Waals surface area contributed by atoms with Gasteiger partial charge in [0.2, 0.25) is 0 Å². The number of hydrogen-bond acceptors (Lipinski definition) is 5. The molecule has 0 fully saturated rings. The van der Waals surface area contributed by atoms with Gasteiger partial charge in [-0.3, -0.25) is 4.79 Å². The van der Waals surface area contributed by atoms with Crippen LogP contribution >= 0.6 is 15.9 Å². The van der Waals surface area contributed by atoms with Crippen molar-refractivity contribution in [2.24, 2.45) is 0 Å². The number of carbonyl (C=O) groups is 1. The molecule has 21 heavy (non-hydrogen) atoms. The van der Waals surface area contributed by atoms with Gasteiger partial charge in [0.25, 0.3) is 5.91 Å². The van der Waals surface area contributed by atoms with Crippen LogP contribution in [-0.2, 0) is 0 Å². The molecule has 3 aromatic rings. The Labute approximate surface area is 128 Å². The molecular weight excluding hydrogens is 336 g/mol. The summed E-state index contributed by atoms with van der Waals surface area (Å²) in [6.45, 7) is 0. The Bertz CT molecular complexity index is 739. The first kappa shape index (κ1) is 13.4. The highest BCUT2D eigenvalue weighted by atomic mass is 79.9. The van der Waals surface area contributed by atoms with Crippen molar-refractivity contribution >= 4 is 27.5 Å². The molecule has 8 heteroatoms. The fourth-order valence-electron chi connectivity index (χ4n) is 1.62. The van der Waals surface area contributed by atoms with Gasteiger partial charge in [0.05, 0.1) is 0 Å². The highest BCUT2D eigenvalue weighted by molar-refractivity contribution is 9.10. The first-order valence-corrected chi connectivity index (χ1v) is 6.77. The van der Waals surface area contributed by atoms with Gasteiger partial charge in [-0.1, -0.05) is 15.9 Å². The van der Waals surface area contributed by atoms with E-state index in [4.69, 9.17) is 0 Å². The number of anilines is 1. The van der Waals surface area contributed by atoms with E-state index < -0.39 is 0 Å². The fraction of sp³-hybridized carbons (Fsp3) is 0. The van der Waals surface area contributed by atoms with Crippen molar-refractivity contribution in [1.82, 2.24) is 25.0 Å². The van der Waals surface area contributed by atoms with Gasteiger partial charge in [0, 0.05) is 10.2 Å². The molecule has 3 rings (SSSR count). The molecule has 0 aliphatic heterocycles. The summed E-state index contributed by atoms with van der Waals surface area (Å²) in [6.07, 6.45) is 2.90. The van der Waals surface area contributed by atoms with Gasteiger partial charge < -0.3 is 5.32 Å². The minimum atomic E-state index is -0.324. The van der Waals surface area contributed by atoms with E-state index in [1.165, 1.54) is 17.3 Å². The summed E-state index contributed by atoms with van der Waals surface area (Å²) in [5.74, 6) is 0.169. The van der Waals surface area contributed by atoms with Crippen LogP contribution in [0.25, 0.3) is 5.82 Å². The van der Waals surface area contributed by atoms with Gasteiger partial charge in [0.1, 0.15) is 12.7 Å². The first-order chi connectivity index (χ1) is 10.2. The summed E-state index contributed by atoms with van der Waals surface area (Å²) < 4.78 is 2.40. The van der Waals surface area contributed by atoms with Crippen LogP contribution in [0.5, 0.6) is 0 Å². The van der Waals surface area contributed by atoms with Crippen LogP contribution in [0.15, 0.2) is 53.5 Å². The molecular formula is C13H9BrN6O. The normalized spacial score (nSPS) is 10.3. The molecule has 2 aromatic heterocycles. The van der Waals surface area contributed by atoms with Crippen LogP contribution in [0.3, 0.4) is 0 Å². The minimum absolute atomic E-state index is 0.224. The largest absolute Gasteiger partial charge is 0.321 e. The quantitative estimate of drug-likeness (QED) is 0.785. The zero-order chi connectivity index (χ0) is 14.7. The van der Waals surface area contributed by atoms with Crippen molar-refractivity contribution in [2.45, 2.75) is 0 Å². The topological polar surface area (TPSA) is 85.6 Å². The number of rotatable bonds is 3. The third-order valence-electron chi connectivity index (χ3n) is 2.64. The van der Waals surface area contributed by atoms with Crippen molar-refractivity contribution in [3.8, 4) is 5.82 Å². The summed E-state index contributed by atoms with van der Waals surface area (Å²) in [5.41, 5.74) is 0.909. The lowest BCUT2D eigenvalue weighted by atomic mass is 10.3. The minimum Gasteiger partial charge on any atom is -0.321 e. The Balaban J connectivity index is 1.74. The third kappa shape index (κ3) is 3.11. The highest BCUT2D eigenvalue weighted by Crippen LogP contribution is 2.14. The predicted octanol–water partition coefficient (Wildman–Crippen LogP) is 2.07. The summed E-state index contributed by atoms with van der Waals surface area (Å²) in [7, 11) is 0. The molecule has 0 unspecified atom stereocenters. The smallest absolute Gasteiger partial charge is 0.276 e. The number of halogens is 1. The zero-order valence-corrected chi connectivity index (χ0v) is 12.2. The van der Waals surface area contributed by atoms with Crippen LogP contribution in [0.1, 0.15) is 10.5 Å². The molecule has 0 radical (unpaired) electrons. The Morgan fingerprint density at radius 3 is 2.52 bits per heavy atom. The molecule has 7 nitrogen and oxygen atoms in total. The second-order valence-electron chi connectivity index (χ2n) is 4.08. The van der Waals surface area contributed by atoms with Gasteiger partial charge in [-0.25, -0.2) is 9.67 Å². The van der Waals surface area contributed by atoms with Crippen molar-refractivity contribution in [1.29, 1.82) is 0 Å². The number of nitrogens with one attached hydrogen (secondary N) is 1. The molecule has 0 aliphatic rings. The van der Waals surface area contributed by atoms with Crippen LogP contribution < -0.4 is 5.32 Å². The highest BCUT2D eigenvalue weighted by Gasteiger charge is 2.09. The Morgan fingerprint density at radius 1 is 1.10 bits per heavy atom. The second kappa shape index (κ2) is 5.80. The van der Waals surface area contributed by atoms with E-state index in [2.05, 4.69) is 41.5 Å². The summed E-state index contributed by atoms with van der Waals surface area (Å²) >= 11 is 3.34. The van der Waals surface area contributed by atoms with Crippen LogP contribution in [-0.4, -0.2) is 30.9 Å². The van der Waals surface area contributed by atoms with Gasteiger partial charge in [-0.05, 0) is 36.4 Å². The number of carbonyl (C=O) groups excluding carboxylic acids is 1. The van der Waals surface area contributed by atoms with E-state index in [1.807, 2.05) is 12.1 Å². The second-order valence-corrected chi connectivity index (χ2v) is 4.99. The Morgan fingerprint density at radius 2 is 1.90 bits per heavy atom. The maximum atomic E-state index is 12.0. The summed E-state index contributed by atoms with van der Waals surface area (Å²) in [6, 6.07) is 10.5. The van der Waals surface area contributed by atoms with E-state index in [0.29, 0.717) is 11.5 Å². The average Bonchev–Trinajstić information content (AvgIpc) is 3.04. The van der Waals surface area contributed by atoms with Crippen molar-refractivity contribution in [3.63, 3.8) is 0 Å². The predicted molar refractivity (Wildman–Crippen MR) is 79.0 cm³/mol. The average molecular weight is 345 g/mol. The molecule has 0 aliphatic carbocycles. The molecule has 104 valence electrons. The number of hydrogen-bond donors (Lipinski definition) is 1. The van der Waals surface area contributed by atoms with Crippen molar-refractivity contribution < 1.29 is 4.79 Å². The standard InChI is InChI=1S/C13H9BrN6O/c14-9-1-3-10(4-2-9)17-13(21)11-5-6-12(19-18-11)20-8-15-7-16-20/h1-8H,(H,17,21). The number of amides is 1. The maximum Gasteiger partial charge on any atom is 0.276 e. The first-order valence-electron chi connectivity index (χ1n) is 5.98. The molecule has 0 spiro atoms. The Hall–Kier alpha value is -2.61. The fourth-order valence-corrected chi connectivity index (χ4v) is 1.89. The van der Waals surface area contributed by atoms with Gasteiger partial charge in [-0.15, -0.1) is 10.2 Å². The van der Waals surface area contributed by atoms with Crippen LogP contribution in [0.4, 0.5) is 5.69 Å². The molecule has 0 saturated heterocycles. The van der Waals surface area contributed by atoms with E-state index >= 15 is 0 Å². The molecule has 1 N–H and O–H groups in total. The van der Waals surface area contributed by atoms with Crippen molar-refractivity contribution in [3.05, 3.63) is 59.2 Å². The molecule has 1 aromatic carbocycles. The monoisotopic (exact) mass is 344 g/mol. The molecule has 0 saturated carbocycles. The third-order valence-corrected chi connectivity index (χ3v) is 3.17. The van der Waals surface area contributed by atoms with Crippen molar-refractivity contribution in [2.75, 3.05) is 5.32 Å². The van der Waals surface area contributed by atoms with Crippen LogP contribution in [0, 0.1) is 0 Å². The Kier molecular flexibility index (Phi) is 3.69. The van der Waals surface area contributed by atoms with E-state index in [1.54, 1.807) is 24.3 Å². The lowest BCUT2D eigenvalue weighted by Gasteiger charge is -2.05. The molecule has 0 atom stereocenters. The van der Waals surface area contributed by atoms with Gasteiger partial charge in [-0.2, -0.15) is 5.10 Å². The SMILES string of the molecule is O=C(Nc1ccc(Br)cc1)c1ccc(-n2cncn2)nn1. The number of benzene rings is 1. The molecule has 2 heterocycles. The number of aromatic nitrogens is 5. The summed E-state index contributed by atoms with van der Waals surface area (Å²) in [4.78, 5) is 15.9. The van der Waals surface area contributed by atoms with Gasteiger partial charge >= 0.3 is 0 Å². The maximum absolute atomic E-state index is 12.0. The lowest BCUT2D eigenvalue weighted by Crippen LogP contribution is -2.15.